The van der Waals surface area contributed by atoms with Gasteiger partial charge in [-0.25, -0.2) is 0 Å². The average molecular weight is 174 g/mol. The monoisotopic (exact) mass is 174 g/mol. The quantitative estimate of drug-likeness (QED) is 0.707. The number of nitrogens with one attached hydrogen (secondary N) is 1. The molecular weight excluding hydrogens is 160 g/mol. The molecule has 2 aromatic heterocycles. The highest BCUT2D eigenvalue weighted by Crippen LogP contribution is 2.23. The van der Waals surface area contributed by atoms with E-state index in [0.29, 0.717) is 5.92 Å². The molecule has 68 valence electrons. The second-order valence-electron chi connectivity index (χ2n) is 3.74. The lowest BCUT2D eigenvalue weighted by Gasteiger charge is -2.06. The largest absolute Gasteiger partial charge is 0.361 e. The number of aromatic nitrogens is 2. The van der Waals surface area contributed by atoms with Gasteiger partial charge in [0.1, 0.15) is 0 Å². The molecule has 2 aromatic rings. The van der Waals surface area contributed by atoms with E-state index < -0.39 is 0 Å². The van der Waals surface area contributed by atoms with Crippen LogP contribution in [0, 0.1) is 6.92 Å². The van der Waals surface area contributed by atoms with E-state index in [2.05, 4.69) is 35.9 Å². The number of aryl methyl sites for hydroxylation is 1. The lowest BCUT2D eigenvalue weighted by Crippen LogP contribution is -1.95. The summed E-state index contributed by atoms with van der Waals surface area (Å²) in [5.74, 6) is 0.484. The lowest BCUT2D eigenvalue weighted by molar-refractivity contribution is 0.828. The van der Waals surface area contributed by atoms with Crippen molar-refractivity contribution < 1.29 is 0 Å². The topological polar surface area (TPSA) is 28.7 Å². The highest BCUT2D eigenvalue weighted by Gasteiger charge is 2.07. The lowest BCUT2D eigenvalue weighted by atomic mass is 10.1. The van der Waals surface area contributed by atoms with Gasteiger partial charge in [-0.2, -0.15) is 0 Å². The molecule has 0 amide bonds. The number of fused-ring (bicyclic) bond motifs is 1. The zero-order valence-electron chi connectivity index (χ0n) is 8.26. The van der Waals surface area contributed by atoms with Gasteiger partial charge in [0, 0.05) is 22.8 Å². The Morgan fingerprint density at radius 3 is 2.85 bits per heavy atom. The van der Waals surface area contributed by atoms with Gasteiger partial charge in [-0.1, -0.05) is 13.8 Å². The van der Waals surface area contributed by atoms with Crippen LogP contribution in [0.15, 0.2) is 18.3 Å². The molecule has 2 heteroatoms. The van der Waals surface area contributed by atoms with Crippen LogP contribution in [0.4, 0.5) is 0 Å². The van der Waals surface area contributed by atoms with Crippen molar-refractivity contribution >= 4 is 10.9 Å². The fourth-order valence-corrected chi connectivity index (χ4v) is 1.66. The van der Waals surface area contributed by atoms with Crippen LogP contribution in [0.1, 0.15) is 31.2 Å². The van der Waals surface area contributed by atoms with Gasteiger partial charge in [0.2, 0.25) is 0 Å². The molecule has 0 atom stereocenters. The summed E-state index contributed by atoms with van der Waals surface area (Å²) in [7, 11) is 0. The molecule has 0 saturated carbocycles. The third kappa shape index (κ3) is 1.32. The molecule has 0 saturated heterocycles. The Bertz CT molecular complexity index is 427. The van der Waals surface area contributed by atoms with Crippen LogP contribution in [-0.4, -0.2) is 9.97 Å². The Hall–Kier alpha value is -1.31. The maximum absolute atomic E-state index is 4.55. The van der Waals surface area contributed by atoms with Crippen molar-refractivity contribution in [3.8, 4) is 0 Å². The van der Waals surface area contributed by atoms with Gasteiger partial charge in [0.15, 0.2) is 0 Å². The smallest absolute Gasteiger partial charge is 0.0525 e. The van der Waals surface area contributed by atoms with Gasteiger partial charge >= 0.3 is 0 Å². The number of H-pyrrole nitrogens is 1. The zero-order valence-corrected chi connectivity index (χ0v) is 8.26. The average Bonchev–Trinajstić information content (AvgIpc) is 2.49. The van der Waals surface area contributed by atoms with Gasteiger partial charge < -0.3 is 4.98 Å². The summed E-state index contributed by atoms with van der Waals surface area (Å²) in [6.45, 7) is 6.38. The summed E-state index contributed by atoms with van der Waals surface area (Å²) in [6, 6.07) is 4.18. The molecule has 0 aliphatic heterocycles. The molecule has 1 N–H and O–H groups in total. The van der Waals surface area contributed by atoms with E-state index in [4.69, 9.17) is 0 Å². The minimum absolute atomic E-state index is 0.484. The van der Waals surface area contributed by atoms with Crippen LogP contribution >= 0.6 is 0 Å². The standard InChI is InChI=1S/C11H14N2/c1-7(2)11-9-4-5-12-10(9)6-8(3)13-11/h4-7,12H,1-3H3. The molecule has 0 unspecified atom stereocenters. The molecule has 13 heavy (non-hydrogen) atoms. The molecular formula is C11H14N2. The van der Waals surface area contributed by atoms with Crippen molar-refractivity contribution in [1.82, 2.24) is 9.97 Å². The maximum atomic E-state index is 4.55. The third-order valence-electron chi connectivity index (χ3n) is 2.25. The third-order valence-corrected chi connectivity index (χ3v) is 2.25. The highest BCUT2D eigenvalue weighted by molar-refractivity contribution is 5.82. The fourth-order valence-electron chi connectivity index (χ4n) is 1.66. The molecule has 0 spiro atoms. The second-order valence-corrected chi connectivity index (χ2v) is 3.74. The molecule has 2 rings (SSSR count). The predicted molar refractivity (Wildman–Crippen MR) is 54.9 cm³/mol. The molecule has 0 aliphatic rings. The Morgan fingerprint density at radius 1 is 1.38 bits per heavy atom. The van der Waals surface area contributed by atoms with E-state index in [-0.39, 0.29) is 0 Å². The molecule has 0 radical (unpaired) electrons. The first-order valence-corrected chi connectivity index (χ1v) is 4.63. The van der Waals surface area contributed by atoms with E-state index >= 15 is 0 Å². The molecule has 0 bridgehead atoms. The van der Waals surface area contributed by atoms with E-state index in [9.17, 15) is 0 Å². The minimum Gasteiger partial charge on any atom is -0.361 e. The van der Waals surface area contributed by atoms with Crippen molar-refractivity contribution in [3.05, 3.63) is 29.7 Å². The van der Waals surface area contributed by atoms with Crippen LogP contribution in [-0.2, 0) is 0 Å². The zero-order chi connectivity index (χ0) is 9.42. The minimum atomic E-state index is 0.484. The first-order chi connectivity index (χ1) is 6.18. The second kappa shape index (κ2) is 2.87. The molecule has 0 aromatic carbocycles. The number of rotatable bonds is 1. The Kier molecular flexibility index (Phi) is 1.83. The van der Waals surface area contributed by atoms with Crippen LogP contribution in [0.3, 0.4) is 0 Å². The SMILES string of the molecule is Cc1cc2[nH]ccc2c(C(C)C)n1. The van der Waals surface area contributed by atoms with E-state index in [1.54, 1.807) is 0 Å². The van der Waals surface area contributed by atoms with Gasteiger partial charge in [-0.15, -0.1) is 0 Å². The fraction of sp³-hybridized carbons (Fsp3) is 0.364. The first-order valence-electron chi connectivity index (χ1n) is 4.63. The van der Waals surface area contributed by atoms with Crippen molar-refractivity contribution in [2.75, 3.05) is 0 Å². The van der Waals surface area contributed by atoms with E-state index in [0.717, 1.165) is 5.69 Å². The normalized spacial score (nSPS) is 11.4. The van der Waals surface area contributed by atoms with E-state index in [1.807, 2.05) is 13.1 Å². The summed E-state index contributed by atoms with van der Waals surface area (Å²) in [4.78, 5) is 7.77. The number of hydrogen-bond acceptors (Lipinski definition) is 1. The summed E-state index contributed by atoms with van der Waals surface area (Å²) in [5, 5.41) is 1.25. The maximum Gasteiger partial charge on any atom is 0.0525 e. The van der Waals surface area contributed by atoms with Crippen LogP contribution in [0.25, 0.3) is 10.9 Å². The first kappa shape index (κ1) is 8.30. The summed E-state index contributed by atoms with van der Waals surface area (Å²) >= 11 is 0. The number of aromatic amines is 1. The molecule has 0 fully saturated rings. The Balaban J connectivity index is 2.77. The van der Waals surface area contributed by atoms with Crippen molar-refractivity contribution in [1.29, 1.82) is 0 Å². The van der Waals surface area contributed by atoms with Crippen LogP contribution in [0.2, 0.25) is 0 Å². The summed E-state index contributed by atoms with van der Waals surface area (Å²) in [5.41, 5.74) is 3.46. The van der Waals surface area contributed by atoms with Gasteiger partial charge in [-0.05, 0) is 25.0 Å². The summed E-state index contributed by atoms with van der Waals surface area (Å²) < 4.78 is 0. The number of pyridine rings is 1. The van der Waals surface area contributed by atoms with Crippen molar-refractivity contribution in [3.63, 3.8) is 0 Å². The predicted octanol–water partition coefficient (Wildman–Crippen LogP) is 2.99. The van der Waals surface area contributed by atoms with Gasteiger partial charge in [0.25, 0.3) is 0 Å². The Labute approximate surface area is 78.0 Å². The van der Waals surface area contributed by atoms with Crippen molar-refractivity contribution in [2.45, 2.75) is 26.7 Å². The number of nitrogens with zero attached hydrogens (tertiary/aromatic N) is 1. The van der Waals surface area contributed by atoms with E-state index in [1.165, 1.54) is 16.6 Å². The van der Waals surface area contributed by atoms with Crippen LogP contribution in [0.5, 0.6) is 0 Å². The number of hydrogen-bond donors (Lipinski definition) is 1. The van der Waals surface area contributed by atoms with Crippen molar-refractivity contribution in [2.24, 2.45) is 0 Å². The molecule has 2 nitrogen and oxygen atoms in total. The summed E-state index contributed by atoms with van der Waals surface area (Å²) in [6.07, 6.45) is 1.97. The highest BCUT2D eigenvalue weighted by atomic mass is 14.7. The van der Waals surface area contributed by atoms with Crippen LogP contribution < -0.4 is 0 Å². The van der Waals surface area contributed by atoms with Gasteiger partial charge in [0.05, 0.1) is 5.69 Å². The van der Waals surface area contributed by atoms with Gasteiger partial charge in [-0.3, -0.25) is 4.98 Å². The molecule has 0 aliphatic carbocycles. The molecule has 2 heterocycles. The Morgan fingerprint density at radius 2 is 2.15 bits per heavy atom.